The Bertz CT molecular complexity index is 891. The van der Waals surface area contributed by atoms with E-state index in [1.807, 2.05) is 4.90 Å². The highest BCUT2D eigenvalue weighted by molar-refractivity contribution is 5.77. The third-order valence-electron chi connectivity index (χ3n) is 4.91. The number of fused-ring (bicyclic) bond motifs is 1. The highest BCUT2D eigenvalue weighted by Gasteiger charge is 2.23. The number of aromatic nitrogens is 4. The second-order valence-electron chi connectivity index (χ2n) is 6.50. The molecule has 1 saturated heterocycles. The zero-order valence-corrected chi connectivity index (χ0v) is 14.4. The van der Waals surface area contributed by atoms with Crippen LogP contribution in [0.1, 0.15) is 32.6 Å². The average Bonchev–Trinajstić information content (AvgIpc) is 3.00. The fourth-order valence-corrected chi connectivity index (χ4v) is 3.39. The van der Waals surface area contributed by atoms with Gasteiger partial charge >= 0.3 is 5.69 Å². The number of imidazole rings is 1. The molecular weight excluding hydrogens is 310 g/mol. The van der Waals surface area contributed by atoms with Gasteiger partial charge in [-0.3, -0.25) is 18.7 Å². The number of rotatable bonds is 3. The number of carbonyl (C=O) groups excluding carboxylic acids is 1. The molecule has 24 heavy (non-hydrogen) atoms. The fraction of sp³-hybridized carbons (Fsp3) is 0.625. The van der Waals surface area contributed by atoms with Gasteiger partial charge in [-0.25, -0.2) is 9.78 Å². The van der Waals surface area contributed by atoms with E-state index in [1.165, 1.54) is 24.4 Å². The Kier molecular flexibility index (Phi) is 4.29. The third-order valence-corrected chi connectivity index (χ3v) is 4.91. The zero-order chi connectivity index (χ0) is 17.4. The maximum Gasteiger partial charge on any atom is 0.332 e. The largest absolute Gasteiger partial charge is 0.340 e. The molecule has 8 heteroatoms. The van der Waals surface area contributed by atoms with E-state index in [1.54, 1.807) is 11.6 Å². The lowest BCUT2D eigenvalue weighted by molar-refractivity contribution is -0.134. The minimum atomic E-state index is -0.407. The fourth-order valence-electron chi connectivity index (χ4n) is 3.39. The number of carbonyl (C=O) groups is 1. The van der Waals surface area contributed by atoms with Crippen molar-refractivity contribution in [1.29, 1.82) is 0 Å². The van der Waals surface area contributed by atoms with Gasteiger partial charge in [-0.05, 0) is 26.2 Å². The van der Waals surface area contributed by atoms with Crippen LogP contribution in [0, 0.1) is 0 Å². The Balaban J connectivity index is 1.85. The molecule has 1 fully saturated rings. The number of hydrogen-bond acceptors (Lipinski definition) is 4. The van der Waals surface area contributed by atoms with E-state index < -0.39 is 5.69 Å². The number of aryl methyl sites for hydroxylation is 2. The van der Waals surface area contributed by atoms with Gasteiger partial charge in [0.25, 0.3) is 5.56 Å². The summed E-state index contributed by atoms with van der Waals surface area (Å²) in [6, 6.07) is 0.277. The lowest BCUT2D eigenvalue weighted by atomic mass is 10.0. The summed E-state index contributed by atoms with van der Waals surface area (Å²) in [7, 11) is 3.03. The zero-order valence-electron chi connectivity index (χ0n) is 14.4. The summed E-state index contributed by atoms with van der Waals surface area (Å²) in [5.74, 6) is 0.102. The predicted octanol–water partition coefficient (Wildman–Crippen LogP) is 0.225. The summed E-state index contributed by atoms with van der Waals surface area (Å²) in [4.78, 5) is 42.9. The van der Waals surface area contributed by atoms with E-state index in [4.69, 9.17) is 0 Å². The molecule has 0 spiro atoms. The SMILES string of the molecule is C[C@@H]1CCCCN1C(=O)CCn1cnc2c1c(=O)n(C)c(=O)n2C. The van der Waals surface area contributed by atoms with E-state index in [2.05, 4.69) is 11.9 Å². The van der Waals surface area contributed by atoms with Crippen molar-refractivity contribution in [1.82, 2.24) is 23.6 Å². The van der Waals surface area contributed by atoms with Crippen LogP contribution in [0.2, 0.25) is 0 Å². The molecule has 2 aromatic rings. The summed E-state index contributed by atoms with van der Waals surface area (Å²) < 4.78 is 4.08. The second kappa shape index (κ2) is 6.26. The van der Waals surface area contributed by atoms with Crippen LogP contribution in [0.15, 0.2) is 15.9 Å². The summed E-state index contributed by atoms with van der Waals surface area (Å²) in [6.45, 7) is 3.27. The third kappa shape index (κ3) is 2.65. The molecular formula is C16H23N5O3. The van der Waals surface area contributed by atoms with Gasteiger partial charge in [0.2, 0.25) is 5.91 Å². The van der Waals surface area contributed by atoms with Crippen molar-refractivity contribution in [2.45, 2.75) is 45.2 Å². The van der Waals surface area contributed by atoms with E-state index >= 15 is 0 Å². The highest BCUT2D eigenvalue weighted by atomic mass is 16.2. The van der Waals surface area contributed by atoms with E-state index in [0.29, 0.717) is 24.1 Å². The molecule has 3 heterocycles. The molecule has 0 unspecified atom stereocenters. The Morgan fingerprint density at radius 1 is 1.25 bits per heavy atom. The monoisotopic (exact) mass is 333 g/mol. The normalized spacial score (nSPS) is 18.3. The van der Waals surface area contributed by atoms with Gasteiger partial charge in [-0.15, -0.1) is 0 Å². The van der Waals surface area contributed by atoms with Gasteiger partial charge in [-0.1, -0.05) is 0 Å². The molecule has 8 nitrogen and oxygen atoms in total. The summed E-state index contributed by atoms with van der Waals surface area (Å²) in [5.41, 5.74) is -0.0821. The first-order chi connectivity index (χ1) is 11.4. The topological polar surface area (TPSA) is 82.1 Å². The highest BCUT2D eigenvalue weighted by Crippen LogP contribution is 2.17. The molecule has 0 saturated carbocycles. The second-order valence-corrected chi connectivity index (χ2v) is 6.50. The molecule has 2 aromatic heterocycles. The smallest absolute Gasteiger partial charge is 0.332 e. The summed E-state index contributed by atoms with van der Waals surface area (Å²) in [5, 5.41) is 0. The molecule has 0 radical (unpaired) electrons. The molecule has 0 N–H and O–H groups in total. The van der Waals surface area contributed by atoms with Crippen LogP contribution in [-0.4, -0.2) is 42.1 Å². The number of hydrogen-bond donors (Lipinski definition) is 0. The molecule has 130 valence electrons. The van der Waals surface area contributed by atoms with Crippen LogP contribution >= 0.6 is 0 Å². The quantitative estimate of drug-likeness (QED) is 0.805. The van der Waals surface area contributed by atoms with Crippen LogP contribution in [-0.2, 0) is 25.4 Å². The van der Waals surface area contributed by atoms with Crippen LogP contribution in [0.25, 0.3) is 11.2 Å². The molecule has 1 aliphatic rings. The van der Waals surface area contributed by atoms with Crippen molar-refractivity contribution < 1.29 is 4.79 Å². The number of amides is 1. The molecule has 0 bridgehead atoms. The van der Waals surface area contributed by atoms with Gasteiger partial charge < -0.3 is 9.47 Å². The first kappa shape index (κ1) is 16.5. The molecule has 0 aliphatic carbocycles. The molecule has 3 rings (SSSR count). The molecule has 1 atom stereocenters. The van der Waals surface area contributed by atoms with Crippen molar-refractivity contribution in [2.75, 3.05) is 6.54 Å². The van der Waals surface area contributed by atoms with Crippen molar-refractivity contribution in [3.63, 3.8) is 0 Å². The van der Waals surface area contributed by atoms with Gasteiger partial charge in [0.1, 0.15) is 0 Å². The maximum atomic E-state index is 12.5. The molecule has 1 aliphatic heterocycles. The van der Waals surface area contributed by atoms with Gasteiger partial charge in [0.05, 0.1) is 6.33 Å². The average molecular weight is 333 g/mol. The minimum absolute atomic E-state index is 0.102. The van der Waals surface area contributed by atoms with Crippen molar-refractivity contribution >= 4 is 17.1 Å². The number of likely N-dealkylation sites (tertiary alicyclic amines) is 1. The van der Waals surface area contributed by atoms with E-state index in [0.717, 1.165) is 24.0 Å². The van der Waals surface area contributed by atoms with E-state index in [-0.39, 0.29) is 17.5 Å². The van der Waals surface area contributed by atoms with Crippen molar-refractivity contribution in [3.05, 3.63) is 27.2 Å². The summed E-state index contributed by atoms with van der Waals surface area (Å²) in [6.07, 6.45) is 5.11. The van der Waals surface area contributed by atoms with Gasteiger partial charge in [0, 0.05) is 39.6 Å². The van der Waals surface area contributed by atoms with Gasteiger partial charge in [0.15, 0.2) is 11.2 Å². The summed E-state index contributed by atoms with van der Waals surface area (Å²) >= 11 is 0. The number of nitrogens with zero attached hydrogens (tertiary/aromatic N) is 5. The van der Waals surface area contributed by atoms with Crippen LogP contribution in [0.5, 0.6) is 0 Å². The minimum Gasteiger partial charge on any atom is -0.340 e. The van der Waals surface area contributed by atoms with Crippen LogP contribution in [0.4, 0.5) is 0 Å². The van der Waals surface area contributed by atoms with Crippen LogP contribution < -0.4 is 11.2 Å². The van der Waals surface area contributed by atoms with Crippen molar-refractivity contribution in [3.8, 4) is 0 Å². The predicted molar refractivity (Wildman–Crippen MR) is 89.9 cm³/mol. The van der Waals surface area contributed by atoms with Crippen molar-refractivity contribution in [2.24, 2.45) is 14.1 Å². The Hall–Kier alpha value is -2.38. The lowest BCUT2D eigenvalue weighted by Gasteiger charge is -2.33. The first-order valence-corrected chi connectivity index (χ1v) is 8.32. The first-order valence-electron chi connectivity index (χ1n) is 8.32. The Morgan fingerprint density at radius 2 is 2.00 bits per heavy atom. The number of piperidine rings is 1. The van der Waals surface area contributed by atoms with Gasteiger partial charge in [-0.2, -0.15) is 0 Å². The standard InChI is InChI=1S/C16H23N5O3/c1-11-6-4-5-8-21(11)12(22)7-9-20-10-17-14-13(20)15(23)19(3)16(24)18(14)2/h10-11H,4-9H2,1-3H3/t11-/m1/s1. The Labute approximate surface area is 139 Å². The maximum absolute atomic E-state index is 12.5. The van der Waals surface area contributed by atoms with Crippen LogP contribution in [0.3, 0.4) is 0 Å². The lowest BCUT2D eigenvalue weighted by Crippen LogP contribution is -2.42. The Morgan fingerprint density at radius 3 is 2.71 bits per heavy atom. The van der Waals surface area contributed by atoms with E-state index in [9.17, 15) is 14.4 Å². The molecule has 0 aromatic carbocycles. The molecule has 1 amide bonds.